The molecule has 0 spiro atoms. The van der Waals surface area contributed by atoms with Gasteiger partial charge in [-0.3, -0.25) is 0 Å². The molecule has 0 radical (unpaired) electrons. The van der Waals surface area contributed by atoms with Crippen LogP contribution >= 0.6 is 0 Å². The molecule has 1 N–H and O–H groups in total. The molecule has 0 saturated heterocycles. The number of benzene rings is 1. The Morgan fingerprint density at radius 1 is 1.05 bits per heavy atom. The zero-order chi connectivity index (χ0) is 14.4. The standard InChI is InChI=1S/C17H25F2N/c1-2-3-13-4-6-17(7-5-13)20-9-8-14-10-15(18)12-16(19)11-14/h10-13,17,20H,2-9H2,1H3. The van der Waals surface area contributed by atoms with Gasteiger partial charge in [0.1, 0.15) is 11.6 Å². The zero-order valence-electron chi connectivity index (χ0n) is 12.3. The van der Waals surface area contributed by atoms with Crippen LogP contribution in [0.2, 0.25) is 0 Å². The molecule has 0 aliphatic heterocycles. The summed E-state index contributed by atoms with van der Waals surface area (Å²) in [5.41, 5.74) is 0.731. The normalized spacial score (nSPS) is 22.9. The monoisotopic (exact) mass is 281 g/mol. The highest BCUT2D eigenvalue weighted by Crippen LogP contribution is 2.27. The fourth-order valence-corrected chi connectivity index (χ4v) is 3.24. The third kappa shape index (κ3) is 4.86. The van der Waals surface area contributed by atoms with Gasteiger partial charge in [-0.05, 0) is 62.3 Å². The molecule has 0 bridgehead atoms. The van der Waals surface area contributed by atoms with Gasteiger partial charge >= 0.3 is 0 Å². The predicted octanol–water partition coefficient (Wildman–Crippen LogP) is 4.46. The number of hydrogen-bond acceptors (Lipinski definition) is 1. The van der Waals surface area contributed by atoms with Crippen molar-refractivity contribution in [2.75, 3.05) is 6.54 Å². The average Bonchev–Trinajstić information content (AvgIpc) is 2.40. The van der Waals surface area contributed by atoms with E-state index in [1.54, 1.807) is 0 Å². The highest BCUT2D eigenvalue weighted by atomic mass is 19.1. The molecule has 0 heterocycles. The second kappa shape index (κ2) is 7.72. The zero-order valence-corrected chi connectivity index (χ0v) is 12.3. The number of nitrogens with one attached hydrogen (secondary N) is 1. The first-order valence-corrected chi connectivity index (χ1v) is 7.85. The second-order valence-electron chi connectivity index (χ2n) is 5.99. The van der Waals surface area contributed by atoms with E-state index in [1.807, 2.05) is 0 Å². The molecule has 2 rings (SSSR count). The van der Waals surface area contributed by atoms with Crippen molar-refractivity contribution in [2.45, 2.75) is 57.9 Å². The van der Waals surface area contributed by atoms with E-state index in [2.05, 4.69) is 12.2 Å². The Balaban J connectivity index is 1.69. The first-order valence-electron chi connectivity index (χ1n) is 7.85. The van der Waals surface area contributed by atoms with E-state index < -0.39 is 11.6 Å². The average molecular weight is 281 g/mol. The van der Waals surface area contributed by atoms with Gasteiger partial charge in [0.15, 0.2) is 0 Å². The molecule has 1 aliphatic rings. The molecule has 1 aromatic carbocycles. The number of hydrogen-bond donors (Lipinski definition) is 1. The van der Waals surface area contributed by atoms with E-state index in [1.165, 1.54) is 50.7 Å². The fourth-order valence-electron chi connectivity index (χ4n) is 3.24. The third-order valence-corrected chi connectivity index (χ3v) is 4.31. The maximum absolute atomic E-state index is 13.1. The van der Waals surface area contributed by atoms with Crippen LogP contribution in [0.1, 0.15) is 51.0 Å². The minimum absolute atomic E-state index is 0.486. The van der Waals surface area contributed by atoms with Crippen molar-refractivity contribution in [1.82, 2.24) is 5.32 Å². The predicted molar refractivity (Wildman–Crippen MR) is 78.7 cm³/mol. The topological polar surface area (TPSA) is 12.0 Å². The molecule has 3 heteroatoms. The third-order valence-electron chi connectivity index (χ3n) is 4.31. The molecule has 0 amide bonds. The van der Waals surface area contributed by atoms with E-state index in [-0.39, 0.29) is 0 Å². The van der Waals surface area contributed by atoms with Crippen LogP contribution in [0.4, 0.5) is 8.78 Å². The van der Waals surface area contributed by atoms with Crippen molar-refractivity contribution in [1.29, 1.82) is 0 Å². The van der Waals surface area contributed by atoms with Crippen molar-refractivity contribution in [3.63, 3.8) is 0 Å². The summed E-state index contributed by atoms with van der Waals surface area (Å²) in [6, 6.07) is 4.35. The first kappa shape index (κ1) is 15.4. The lowest BCUT2D eigenvalue weighted by Gasteiger charge is -2.29. The molecule has 0 atom stereocenters. The minimum Gasteiger partial charge on any atom is -0.314 e. The lowest BCUT2D eigenvalue weighted by Crippen LogP contribution is -2.34. The largest absolute Gasteiger partial charge is 0.314 e. The summed E-state index contributed by atoms with van der Waals surface area (Å²) in [5.74, 6) is -0.0597. The summed E-state index contributed by atoms with van der Waals surface area (Å²) in [4.78, 5) is 0. The van der Waals surface area contributed by atoms with Gasteiger partial charge in [-0.1, -0.05) is 19.8 Å². The maximum atomic E-state index is 13.1. The number of halogens is 2. The lowest BCUT2D eigenvalue weighted by molar-refractivity contribution is 0.279. The highest BCUT2D eigenvalue weighted by Gasteiger charge is 2.19. The molecule has 0 unspecified atom stereocenters. The van der Waals surface area contributed by atoms with E-state index in [0.717, 1.165) is 24.1 Å². The molecule has 0 aromatic heterocycles. The molecule has 1 saturated carbocycles. The van der Waals surface area contributed by atoms with Crippen molar-refractivity contribution in [2.24, 2.45) is 5.92 Å². The Hall–Kier alpha value is -0.960. The molecule has 1 aliphatic carbocycles. The van der Waals surface area contributed by atoms with Crippen LogP contribution in [0.15, 0.2) is 18.2 Å². The molecular formula is C17H25F2N. The van der Waals surface area contributed by atoms with Crippen molar-refractivity contribution in [3.8, 4) is 0 Å². The molecule has 1 fully saturated rings. The van der Waals surface area contributed by atoms with Gasteiger partial charge in [0.05, 0.1) is 0 Å². The maximum Gasteiger partial charge on any atom is 0.126 e. The Bertz CT molecular complexity index is 391. The molecule has 1 aromatic rings. The minimum atomic E-state index is -0.486. The van der Waals surface area contributed by atoms with Crippen molar-refractivity contribution in [3.05, 3.63) is 35.4 Å². The summed E-state index contributed by atoms with van der Waals surface area (Å²) in [7, 11) is 0. The van der Waals surface area contributed by atoms with Crippen LogP contribution < -0.4 is 5.32 Å². The van der Waals surface area contributed by atoms with Crippen LogP contribution in [0.25, 0.3) is 0 Å². The van der Waals surface area contributed by atoms with E-state index >= 15 is 0 Å². The van der Waals surface area contributed by atoms with Crippen molar-refractivity contribution < 1.29 is 8.78 Å². The Morgan fingerprint density at radius 3 is 2.30 bits per heavy atom. The van der Waals surface area contributed by atoms with E-state index in [4.69, 9.17) is 0 Å². The lowest BCUT2D eigenvalue weighted by atomic mass is 9.83. The van der Waals surface area contributed by atoms with Crippen LogP contribution in [0, 0.1) is 17.6 Å². The first-order chi connectivity index (χ1) is 9.67. The fraction of sp³-hybridized carbons (Fsp3) is 0.647. The van der Waals surface area contributed by atoms with Crippen LogP contribution in [-0.4, -0.2) is 12.6 Å². The SMILES string of the molecule is CCCC1CCC(NCCc2cc(F)cc(F)c2)CC1. The summed E-state index contributed by atoms with van der Waals surface area (Å²) in [5, 5.41) is 3.53. The Morgan fingerprint density at radius 2 is 1.70 bits per heavy atom. The van der Waals surface area contributed by atoms with Gasteiger partial charge in [0.25, 0.3) is 0 Å². The Kier molecular flexibility index (Phi) is 5.96. The summed E-state index contributed by atoms with van der Waals surface area (Å²) >= 11 is 0. The van der Waals surface area contributed by atoms with Gasteiger partial charge < -0.3 is 5.32 Å². The van der Waals surface area contributed by atoms with E-state index in [9.17, 15) is 8.78 Å². The van der Waals surface area contributed by atoms with Crippen molar-refractivity contribution >= 4 is 0 Å². The van der Waals surface area contributed by atoms with Gasteiger partial charge in [0, 0.05) is 12.1 Å². The number of rotatable bonds is 6. The summed E-state index contributed by atoms with van der Waals surface area (Å²) in [6.45, 7) is 3.05. The molecular weight excluding hydrogens is 256 g/mol. The smallest absolute Gasteiger partial charge is 0.126 e. The van der Waals surface area contributed by atoms with Crippen LogP contribution in [-0.2, 0) is 6.42 Å². The van der Waals surface area contributed by atoms with Gasteiger partial charge in [-0.25, -0.2) is 8.78 Å². The van der Waals surface area contributed by atoms with Crippen LogP contribution in [0.3, 0.4) is 0 Å². The quantitative estimate of drug-likeness (QED) is 0.812. The van der Waals surface area contributed by atoms with Gasteiger partial charge in [-0.2, -0.15) is 0 Å². The Labute approximate surface area is 120 Å². The van der Waals surface area contributed by atoms with E-state index in [0.29, 0.717) is 12.5 Å². The second-order valence-corrected chi connectivity index (χ2v) is 5.99. The van der Waals surface area contributed by atoms with Gasteiger partial charge in [-0.15, -0.1) is 0 Å². The molecule has 112 valence electrons. The van der Waals surface area contributed by atoms with Gasteiger partial charge in [0.2, 0.25) is 0 Å². The molecule has 20 heavy (non-hydrogen) atoms. The molecule has 1 nitrogen and oxygen atoms in total. The summed E-state index contributed by atoms with van der Waals surface area (Å²) < 4.78 is 26.1. The van der Waals surface area contributed by atoms with Crippen LogP contribution in [0.5, 0.6) is 0 Å². The summed E-state index contributed by atoms with van der Waals surface area (Å²) in [6.07, 6.45) is 8.44. The highest BCUT2D eigenvalue weighted by molar-refractivity contribution is 5.18.